The number of H-pyrrole nitrogens is 1. The highest BCUT2D eigenvalue weighted by Crippen LogP contribution is 2.33. The Balaban J connectivity index is 2.06. The SMILES string of the molecule is CC(C)c1cc(-c2ccc(-c3cc(C(C)C)cc(C(C)C)c3)[nH]2)cc(C(C)C)c1. The van der Waals surface area contributed by atoms with Crippen molar-refractivity contribution in [3.63, 3.8) is 0 Å². The van der Waals surface area contributed by atoms with E-state index in [2.05, 4.69) is 109 Å². The van der Waals surface area contributed by atoms with Gasteiger partial charge in [-0.05, 0) is 93.5 Å². The molecule has 0 saturated heterocycles. The zero-order valence-corrected chi connectivity index (χ0v) is 19.4. The van der Waals surface area contributed by atoms with E-state index in [-0.39, 0.29) is 0 Å². The first-order valence-electron chi connectivity index (χ1n) is 11.1. The zero-order valence-electron chi connectivity index (χ0n) is 19.4. The second-order valence-corrected chi connectivity index (χ2v) is 9.68. The summed E-state index contributed by atoms with van der Waals surface area (Å²) in [5.74, 6) is 2.10. The smallest absolute Gasteiger partial charge is 0.0458 e. The Bertz CT molecular complexity index is 839. The minimum Gasteiger partial charge on any atom is -0.355 e. The summed E-state index contributed by atoms with van der Waals surface area (Å²) >= 11 is 0. The summed E-state index contributed by atoms with van der Waals surface area (Å²) in [6, 6.07) is 18.6. The number of hydrogen-bond donors (Lipinski definition) is 1. The predicted octanol–water partition coefficient (Wildman–Crippen LogP) is 8.84. The molecule has 1 aromatic heterocycles. The molecule has 0 aliphatic carbocycles. The number of hydrogen-bond acceptors (Lipinski definition) is 0. The number of aromatic amines is 1. The highest BCUT2D eigenvalue weighted by molar-refractivity contribution is 5.70. The van der Waals surface area contributed by atoms with Crippen molar-refractivity contribution in [2.24, 2.45) is 0 Å². The van der Waals surface area contributed by atoms with Crippen molar-refractivity contribution in [3.8, 4) is 22.5 Å². The van der Waals surface area contributed by atoms with Gasteiger partial charge in [0.2, 0.25) is 0 Å². The first-order chi connectivity index (χ1) is 13.7. The van der Waals surface area contributed by atoms with Crippen molar-refractivity contribution in [2.75, 3.05) is 0 Å². The van der Waals surface area contributed by atoms with Gasteiger partial charge in [0.1, 0.15) is 0 Å². The lowest BCUT2D eigenvalue weighted by Crippen LogP contribution is -1.96. The van der Waals surface area contributed by atoms with E-state index in [9.17, 15) is 0 Å². The van der Waals surface area contributed by atoms with E-state index in [1.807, 2.05) is 0 Å². The molecule has 0 aliphatic rings. The van der Waals surface area contributed by atoms with Gasteiger partial charge in [-0.25, -0.2) is 0 Å². The lowest BCUT2D eigenvalue weighted by atomic mass is 9.92. The van der Waals surface area contributed by atoms with Crippen LogP contribution in [0.5, 0.6) is 0 Å². The molecule has 3 aromatic rings. The fraction of sp³-hybridized carbons (Fsp3) is 0.429. The van der Waals surface area contributed by atoms with Crippen molar-refractivity contribution in [2.45, 2.75) is 79.1 Å². The van der Waals surface area contributed by atoms with Crippen LogP contribution >= 0.6 is 0 Å². The molecule has 3 rings (SSSR count). The Morgan fingerprint density at radius 1 is 0.448 bits per heavy atom. The Morgan fingerprint density at radius 3 is 0.966 bits per heavy atom. The molecule has 0 saturated carbocycles. The molecule has 1 heterocycles. The van der Waals surface area contributed by atoms with E-state index in [4.69, 9.17) is 0 Å². The average Bonchev–Trinajstić information content (AvgIpc) is 3.17. The van der Waals surface area contributed by atoms with Gasteiger partial charge >= 0.3 is 0 Å². The van der Waals surface area contributed by atoms with Crippen molar-refractivity contribution >= 4 is 0 Å². The fourth-order valence-electron chi connectivity index (χ4n) is 3.73. The largest absolute Gasteiger partial charge is 0.355 e. The minimum absolute atomic E-state index is 0.526. The lowest BCUT2D eigenvalue weighted by Gasteiger charge is -2.15. The minimum atomic E-state index is 0.526. The Labute approximate surface area is 177 Å². The summed E-state index contributed by atoms with van der Waals surface area (Å²) in [6.45, 7) is 18.2. The average molecular weight is 388 g/mol. The third-order valence-electron chi connectivity index (χ3n) is 5.93. The third-order valence-corrected chi connectivity index (χ3v) is 5.93. The molecule has 154 valence electrons. The Kier molecular flexibility index (Phi) is 6.36. The molecule has 0 atom stereocenters. The summed E-state index contributed by atoms with van der Waals surface area (Å²) < 4.78 is 0. The van der Waals surface area contributed by atoms with Gasteiger partial charge in [-0.15, -0.1) is 0 Å². The second kappa shape index (κ2) is 8.61. The van der Waals surface area contributed by atoms with Gasteiger partial charge in [-0.1, -0.05) is 67.5 Å². The summed E-state index contributed by atoms with van der Waals surface area (Å²) in [5.41, 5.74) is 10.6. The van der Waals surface area contributed by atoms with Crippen LogP contribution in [0.1, 0.15) is 101 Å². The molecule has 0 fully saturated rings. The van der Waals surface area contributed by atoms with Crippen LogP contribution < -0.4 is 0 Å². The van der Waals surface area contributed by atoms with E-state index in [1.165, 1.54) is 44.8 Å². The number of rotatable bonds is 6. The molecule has 0 spiro atoms. The van der Waals surface area contributed by atoms with E-state index in [0.29, 0.717) is 23.7 Å². The molecule has 0 unspecified atom stereocenters. The zero-order chi connectivity index (χ0) is 21.3. The van der Waals surface area contributed by atoms with E-state index >= 15 is 0 Å². The predicted molar refractivity (Wildman–Crippen MR) is 128 cm³/mol. The fourth-order valence-corrected chi connectivity index (χ4v) is 3.73. The van der Waals surface area contributed by atoms with Crippen LogP contribution in [0.15, 0.2) is 48.5 Å². The van der Waals surface area contributed by atoms with Gasteiger partial charge in [-0.2, -0.15) is 0 Å². The second-order valence-electron chi connectivity index (χ2n) is 9.68. The molecule has 2 aromatic carbocycles. The van der Waals surface area contributed by atoms with Gasteiger partial charge in [0, 0.05) is 11.4 Å². The number of aromatic nitrogens is 1. The van der Waals surface area contributed by atoms with E-state index in [0.717, 1.165) is 0 Å². The summed E-state index contributed by atoms with van der Waals surface area (Å²) in [5, 5.41) is 0. The van der Waals surface area contributed by atoms with Crippen LogP contribution in [-0.4, -0.2) is 4.98 Å². The highest BCUT2D eigenvalue weighted by atomic mass is 14.7. The third kappa shape index (κ3) is 4.83. The van der Waals surface area contributed by atoms with Gasteiger partial charge < -0.3 is 4.98 Å². The lowest BCUT2D eigenvalue weighted by molar-refractivity contribution is 0.834. The Morgan fingerprint density at radius 2 is 0.724 bits per heavy atom. The van der Waals surface area contributed by atoms with Crippen LogP contribution in [0.4, 0.5) is 0 Å². The maximum Gasteiger partial charge on any atom is 0.0458 e. The first-order valence-corrected chi connectivity index (χ1v) is 11.1. The summed E-state index contributed by atoms with van der Waals surface area (Å²) in [7, 11) is 0. The molecule has 1 nitrogen and oxygen atoms in total. The first kappa shape index (κ1) is 21.4. The molecule has 0 radical (unpaired) electrons. The van der Waals surface area contributed by atoms with Crippen molar-refractivity contribution in [3.05, 3.63) is 70.8 Å². The number of benzene rings is 2. The molecule has 0 amide bonds. The standard InChI is InChI=1S/C28H37N/c1-17(2)21-11-22(18(3)4)14-25(13-21)27-9-10-28(29-27)26-15-23(19(5)6)12-24(16-26)20(7)8/h9-20,29H,1-8H3. The Hall–Kier alpha value is -2.28. The number of nitrogens with one attached hydrogen (secondary N) is 1. The molecular weight excluding hydrogens is 350 g/mol. The van der Waals surface area contributed by atoms with Gasteiger partial charge in [0.15, 0.2) is 0 Å². The van der Waals surface area contributed by atoms with Crippen molar-refractivity contribution in [1.82, 2.24) is 4.98 Å². The molecule has 0 aliphatic heterocycles. The van der Waals surface area contributed by atoms with E-state index in [1.54, 1.807) is 0 Å². The maximum absolute atomic E-state index is 3.71. The van der Waals surface area contributed by atoms with Crippen LogP contribution in [0.2, 0.25) is 0 Å². The van der Waals surface area contributed by atoms with E-state index < -0.39 is 0 Å². The quantitative estimate of drug-likeness (QED) is 0.435. The summed E-state index contributed by atoms with van der Waals surface area (Å²) in [6.07, 6.45) is 0. The highest BCUT2D eigenvalue weighted by Gasteiger charge is 2.13. The van der Waals surface area contributed by atoms with Crippen molar-refractivity contribution < 1.29 is 0 Å². The monoisotopic (exact) mass is 387 g/mol. The van der Waals surface area contributed by atoms with Crippen LogP contribution in [0, 0.1) is 0 Å². The van der Waals surface area contributed by atoms with Gasteiger partial charge in [0.05, 0.1) is 0 Å². The molecular formula is C28H37N. The molecule has 0 bridgehead atoms. The van der Waals surface area contributed by atoms with Crippen LogP contribution in [0.25, 0.3) is 22.5 Å². The van der Waals surface area contributed by atoms with Crippen LogP contribution in [-0.2, 0) is 0 Å². The maximum atomic E-state index is 3.71. The molecule has 29 heavy (non-hydrogen) atoms. The summed E-state index contributed by atoms with van der Waals surface area (Å²) in [4.78, 5) is 3.71. The topological polar surface area (TPSA) is 15.8 Å². The van der Waals surface area contributed by atoms with Crippen LogP contribution in [0.3, 0.4) is 0 Å². The van der Waals surface area contributed by atoms with Gasteiger partial charge in [-0.3, -0.25) is 0 Å². The normalized spacial score (nSPS) is 12.0. The molecule has 1 N–H and O–H groups in total. The van der Waals surface area contributed by atoms with Crippen molar-refractivity contribution in [1.29, 1.82) is 0 Å². The van der Waals surface area contributed by atoms with Gasteiger partial charge in [0.25, 0.3) is 0 Å². The molecule has 1 heteroatoms.